The highest BCUT2D eigenvalue weighted by Crippen LogP contribution is 2.41. The number of carbonyl (C=O) groups excluding carboxylic acids is 4. The Morgan fingerprint density at radius 1 is 0.795 bits per heavy atom. The minimum Gasteiger partial charge on any atom is -0.480 e. The molecule has 0 aromatic heterocycles. The van der Waals surface area contributed by atoms with Gasteiger partial charge < -0.3 is 40.0 Å². The fraction of sp³-hybridized carbons (Fsp3) is 0.792. The van der Waals surface area contributed by atoms with E-state index in [9.17, 15) is 29.1 Å². The first-order valence-electron chi connectivity index (χ1n) is 12.8. The zero-order valence-electron chi connectivity index (χ0n) is 23.2. The molecular formula is C24H44N3O10PS. The quantitative estimate of drug-likeness (QED) is 0.0587. The van der Waals surface area contributed by atoms with Crippen molar-refractivity contribution in [3.63, 3.8) is 0 Å². The SMILES string of the molecule is CC(C)C(=O)COCCOCCNC(=O)COCCOCCNC(=O)CCC(NC(=O)C(C)P(C)S)C(=O)O. The largest absolute Gasteiger partial charge is 0.480 e. The van der Waals surface area contributed by atoms with Crippen molar-refractivity contribution < 1.29 is 48.0 Å². The zero-order chi connectivity index (χ0) is 29.6. The summed E-state index contributed by atoms with van der Waals surface area (Å²) in [6.07, 6.45) is -0.102. The average molecular weight is 598 g/mol. The van der Waals surface area contributed by atoms with E-state index in [-0.39, 0.29) is 75.9 Å². The molecule has 0 aromatic carbocycles. The van der Waals surface area contributed by atoms with E-state index in [4.69, 9.17) is 18.9 Å². The predicted molar refractivity (Wildman–Crippen MR) is 149 cm³/mol. The van der Waals surface area contributed by atoms with Crippen LogP contribution in [0.1, 0.15) is 33.6 Å². The van der Waals surface area contributed by atoms with Gasteiger partial charge in [0.1, 0.15) is 19.3 Å². The van der Waals surface area contributed by atoms with Gasteiger partial charge in [0.05, 0.1) is 45.3 Å². The second kappa shape index (κ2) is 22.9. The third kappa shape index (κ3) is 20.7. The first kappa shape index (κ1) is 37.2. The van der Waals surface area contributed by atoms with Gasteiger partial charge in [-0.05, 0) is 27.1 Å². The van der Waals surface area contributed by atoms with Crippen LogP contribution in [0.3, 0.4) is 0 Å². The Morgan fingerprint density at radius 2 is 1.31 bits per heavy atom. The molecular weight excluding hydrogens is 553 g/mol. The average Bonchev–Trinajstić information content (AvgIpc) is 2.88. The van der Waals surface area contributed by atoms with Gasteiger partial charge in [0, 0.05) is 25.4 Å². The number of hydrogen-bond acceptors (Lipinski definition) is 10. The molecule has 0 saturated heterocycles. The Hall–Kier alpha value is -1.83. The lowest BCUT2D eigenvalue weighted by molar-refractivity contribution is -0.142. The molecule has 0 spiro atoms. The van der Waals surface area contributed by atoms with Crippen LogP contribution in [0.25, 0.3) is 0 Å². The molecule has 3 atom stereocenters. The highest BCUT2D eigenvalue weighted by atomic mass is 32.7. The van der Waals surface area contributed by atoms with E-state index in [1.54, 1.807) is 13.6 Å². The van der Waals surface area contributed by atoms with E-state index in [1.165, 1.54) is 0 Å². The number of ketones is 1. The van der Waals surface area contributed by atoms with Crippen LogP contribution < -0.4 is 16.0 Å². The molecule has 0 saturated carbocycles. The molecule has 0 aliphatic carbocycles. The molecule has 0 rings (SSSR count). The fourth-order valence-corrected chi connectivity index (χ4v) is 3.33. The Kier molecular flexibility index (Phi) is 21.9. The maximum Gasteiger partial charge on any atom is 0.326 e. The van der Waals surface area contributed by atoms with Crippen LogP contribution in [-0.2, 0) is 42.9 Å². The Bertz CT molecular complexity index is 758. The van der Waals surface area contributed by atoms with Gasteiger partial charge in [0.25, 0.3) is 0 Å². The van der Waals surface area contributed by atoms with Gasteiger partial charge in [-0.2, -0.15) is 12.2 Å². The molecule has 13 nitrogen and oxygen atoms in total. The third-order valence-electron chi connectivity index (χ3n) is 5.22. The van der Waals surface area contributed by atoms with Crippen LogP contribution in [-0.4, -0.2) is 119 Å². The number of carboxylic acid groups (broad SMARTS) is 1. The van der Waals surface area contributed by atoms with Crippen molar-refractivity contribution in [2.75, 3.05) is 72.6 Å². The molecule has 0 heterocycles. The molecule has 0 aliphatic rings. The molecule has 3 amide bonds. The minimum atomic E-state index is -1.20. The van der Waals surface area contributed by atoms with Crippen LogP contribution in [0.15, 0.2) is 0 Å². The van der Waals surface area contributed by atoms with Crippen LogP contribution >= 0.6 is 19.4 Å². The van der Waals surface area contributed by atoms with E-state index < -0.39 is 30.7 Å². The van der Waals surface area contributed by atoms with Gasteiger partial charge in [0.2, 0.25) is 17.7 Å². The monoisotopic (exact) mass is 597 g/mol. The molecule has 15 heteroatoms. The second-order valence-electron chi connectivity index (χ2n) is 8.84. The van der Waals surface area contributed by atoms with Crippen molar-refractivity contribution in [2.24, 2.45) is 5.92 Å². The van der Waals surface area contributed by atoms with E-state index in [1.807, 2.05) is 13.8 Å². The van der Waals surface area contributed by atoms with Crippen molar-refractivity contribution in [3.05, 3.63) is 0 Å². The highest BCUT2D eigenvalue weighted by Gasteiger charge is 2.25. The molecule has 226 valence electrons. The normalized spacial score (nSPS) is 13.4. The van der Waals surface area contributed by atoms with Crippen molar-refractivity contribution >= 4 is 48.8 Å². The van der Waals surface area contributed by atoms with Gasteiger partial charge in [-0.1, -0.05) is 13.8 Å². The van der Waals surface area contributed by atoms with Crippen LogP contribution in [0, 0.1) is 5.92 Å². The molecule has 0 aromatic rings. The second-order valence-corrected chi connectivity index (χ2v) is 12.7. The molecule has 0 radical (unpaired) electrons. The van der Waals surface area contributed by atoms with Gasteiger partial charge >= 0.3 is 5.97 Å². The number of carbonyl (C=O) groups is 5. The fourth-order valence-electron chi connectivity index (χ4n) is 2.60. The Morgan fingerprint density at radius 3 is 1.82 bits per heavy atom. The highest BCUT2D eigenvalue weighted by molar-refractivity contribution is 8.45. The summed E-state index contributed by atoms with van der Waals surface area (Å²) in [6, 6.07) is -1.15. The lowest BCUT2D eigenvalue weighted by Gasteiger charge is -2.19. The van der Waals surface area contributed by atoms with Crippen LogP contribution in [0.2, 0.25) is 0 Å². The Balaban J connectivity index is 3.70. The summed E-state index contributed by atoms with van der Waals surface area (Å²) in [4.78, 5) is 58.5. The lowest BCUT2D eigenvalue weighted by atomic mass is 10.1. The van der Waals surface area contributed by atoms with Gasteiger partial charge in [0.15, 0.2) is 5.78 Å². The number of rotatable bonds is 24. The van der Waals surface area contributed by atoms with Crippen molar-refractivity contribution in [2.45, 2.75) is 45.3 Å². The number of carboxylic acids is 1. The molecule has 0 bridgehead atoms. The van der Waals surface area contributed by atoms with Crippen LogP contribution in [0.4, 0.5) is 0 Å². The maximum absolute atomic E-state index is 12.1. The lowest BCUT2D eigenvalue weighted by Crippen LogP contribution is -2.44. The minimum absolute atomic E-state index is 0.0360. The van der Waals surface area contributed by atoms with Gasteiger partial charge in [-0.25, -0.2) is 4.79 Å². The summed E-state index contributed by atoms with van der Waals surface area (Å²) < 4.78 is 21.0. The topological polar surface area (TPSA) is 179 Å². The number of amides is 3. The third-order valence-corrected chi connectivity index (χ3v) is 7.61. The van der Waals surface area contributed by atoms with Crippen molar-refractivity contribution in [3.8, 4) is 0 Å². The first-order chi connectivity index (χ1) is 18.5. The maximum atomic E-state index is 12.1. The molecule has 0 aliphatic heterocycles. The molecule has 3 unspecified atom stereocenters. The molecule has 4 N–H and O–H groups in total. The molecule has 0 fully saturated rings. The first-order valence-corrected chi connectivity index (χ1v) is 15.8. The van der Waals surface area contributed by atoms with E-state index in [2.05, 4.69) is 28.2 Å². The summed E-state index contributed by atoms with van der Waals surface area (Å²) in [5.74, 6) is -2.27. The number of hydrogen-bond donors (Lipinski definition) is 5. The summed E-state index contributed by atoms with van der Waals surface area (Å²) in [5.41, 5.74) is -0.403. The number of Topliss-reactive ketones (excluding diaryl/α,β-unsaturated/α-hetero) is 1. The van der Waals surface area contributed by atoms with E-state index in [0.717, 1.165) is 0 Å². The standard InChI is InChI=1S/C24H44N3O10PS/c1-17(2)20(28)15-36-13-11-35-10-8-26-22(30)16-37-14-12-34-9-7-25-21(29)6-5-19(24(32)33)27-23(31)18(3)38(4)39/h17-19,39H,5-16H2,1-4H3,(H,25,29)(H,26,30)(H,27,31)(H,32,33). The predicted octanol–water partition coefficient (Wildman–Crippen LogP) is 0.205. The Labute approximate surface area is 236 Å². The molecule has 39 heavy (non-hydrogen) atoms. The number of thiol groups is 1. The summed E-state index contributed by atoms with van der Waals surface area (Å²) in [6.45, 7) is 9.15. The van der Waals surface area contributed by atoms with E-state index >= 15 is 0 Å². The van der Waals surface area contributed by atoms with Gasteiger partial charge in [-0.3, -0.25) is 19.2 Å². The van der Waals surface area contributed by atoms with E-state index in [0.29, 0.717) is 26.4 Å². The van der Waals surface area contributed by atoms with Crippen molar-refractivity contribution in [1.29, 1.82) is 0 Å². The summed E-state index contributed by atoms with van der Waals surface area (Å²) in [5, 5.41) is 17.0. The number of ether oxygens (including phenoxy) is 4. The smallest absolute Gasteiger partial charge is 0.326 e. The zero-order valence-corrected chi connectivity index (χ0v) is 25.0. The number of aliphatic carboxylic acids is 1. The number of nitrogens with one attached hydrogen (secondary N) is 3. The van der Waals surface area contributed by atoms with Crippen LogP contribution in [0.5, 0.6) is 0 Å². The summed E-state index contributed by atoms with van der Waals surface area (Å²) in [7, 11) is -0.849. The van der Waals surface area contributed by atoms with Crippen molar-refractivity contribution in [1.82, 2.24) is 16.0 Å². The summed E-state index contributed by atoms with van der Waals surface area (Å²) >= 11 is 4.25. The van der Waals surface area contributed by atoms with Gasteiger partial charge in [-0.15, -0.1) is 0 Å².